The highest BCUT2D eigenvalue weighted by molar-refractivity contribution is 5.75. The van der Waals surface area contributed by atoms with Crippen molar-refractivity contribution in [3.63, 3.8) is 0 Å². The van der Waals surface area contributed by atoms with Gasteiger partial charge in [-0.1, -0.05) is 30.3 Å². The van der Waals surface area contributed by atoms with Crippen molar-refractivity contribution in [1.82, 2.24) is 0 Å². The summed E-state index contributed by atoms with van der Waals surface area (Å²) in [6.07, 6.45) is 1.01. The molecule has 0 spiro atoms. The Morgan fingerprint density at radius 3 is 2.67 bits per heavy atom. The van der Waals surface area contributed by atoms with E-state index in [1.165, 1.54) is 11.1 Å². The van der Waals surface area contributed by atoms with Crippen LogP contribution in [-0.4, -0.2) is 11.5 Å². The second-order valence-corrected chi connectivity index (χ2v) is 5.08. The Morgan fingerprint density at radius 2 is 1.95 bits per heavy atom. The van der Waals surface area contributed by atoms with Gasteiger partial charge in [-0.15, -0.1) is 0 Å². The Labute approximate surface area is 122 Å². The van der Waals surface area contributed by atoms with Gasteiger partial charge in [0.2, 0.25) is 0 Å². The van der Waals surface area contributed by atoms with E-state index in [-0.39, 0.29) is 5.69 Å². The molecule has 0 bridgehead atoms. The minimum atomic E-state index is -0.424. The van der Waals surface area contributed by atoms with Gasteiger partial charge < -0.3 is 10.7 Å². The molecule has 1 atom stereocenters. The number of nitrogens with zero attached hydrogens (tertiary/aromatic N) is 1. The third-order valence-corrected chi connectivity index (χ3v) is 3.87. The summed E-state index contributed by atoms with van der Waals surface area (Å²) < 4.78 is 0. The molecule has 2 aromatic rings. The smallest absolute Gasteiger partial charge is 0.316 e. The van der Waals surface area contributed by atoms with Gasteiger partial charge in [0.05, 0.1) is 4.92 Å². The van der Waals surface area contributed by atoms with E-state index in [1.54, 1.807) is 18.2 Å². The van der Waals surface area contributed by atoms with Crippen molar-refractivity contribution in [2.45, 2.75) is 12.3 Å². The van der Waals surface area contributed by atoms with E-state index in [2.05, 4.69) is 22.9 Å². The maximum Gasteiger partial charge on any atom is 0.316 e. The first-order valence-electron chi connectivity index (χ1n) is 6.76. The van der Waals surface area contributed by atoms with Crippen LogP contribution in [0.25, 0.3) is 0 Å². The van der Waals surface area contributed by atoms with Crippen molar-refractivity contribution in [1.29, 1.82) is 0 Å². The summed E-state index contributed by atoms with van der Waals surface area (Å²) in [5, 5.41) is 14.4. The monoisotopic (exact) mass is 284 g/mol. The zero-order valence-electron chi connectivity index (χ0n) is 11.4. The van der Waals surface area contributed by atoms with Crippen molar-refractivity contribution in [2.24, 2.45) is 5.84 Å². The summed E-state index contributed by atoms with van der Waals surface area (Å²) in [7, 11) is 0. The molecule has 0 saturated carbocycles. The summed E-state index contributed by atoms with van der Waals surface area (Å²) in [5.74, 6) is 5.73. The number of nitro groups is 1. The van der Waals surface area contributed by atoms with Crippen LogP contribution < -0.4 is 16.6 Å². The lowest BCUT2D eigenvalue weighted by molar-refractivity contribution is -0.383. The number of fused-ring (bicyclic) bond motifs is 1. The summed E-state index contributed by atoms with van der Waals surface area (Å²) in [6.45, 7) is 0.672. The number of nitrogens with one attached hydrogen (secondary N) is 2. The first-order valence-corrected chi connectivity index (χ1v) is 6.76. The van der Waals surface area contributed by atoms with Gasteiger partial charge in [-0.25, -0.2) is 0 Å². The Kier molecular flexibility index (Phi) is 3.45. The lowest BCUT2D eigenvalue weighted by atomic mass is 9.77. The second kappa shape index (κ2) is 5.41. The molecule has 3 rings (SSSR count). The molecule has 4 N–H and O–H groups in total. The molecule has 0 aliphatic heterocycles. The van der Waals surface area contributed by atoms with Crippen molar-refractivity contribution in [3.05, 3.63) is 63.7 Å². The predicted molar refractivity (Wildman–Crippen MR) is 82.3 cm³/mol. The Hall–Kier alpha value is -2.60. The highest BCUT2D eigenvalue weighted by Crippen LogP contribution is 2.37. The summed E-state index contributed by atoms with van der Waals surface area (Å²) in [5.41, 5.74) is 5.81. The molecule has 1 aliphatic rings. The van der Waals surface area contributed by atoms with Crippen LogP contribution in [0, 0.1) is 10.1 Å². The van der Waals surface area contributed by atoms with Gasteiger partial charge in [0, 0.05) is 12.5 Å². The zero-order chi connectivity index (χ0) is 14.8. The van der Waals surface area contributed by atoms with Crippen molar-refractivity contribution >= 4 is 17.1 Å². The number of rotatable bonds is 5. The van der Waals surface area contributed by atoms with E-state index in [1.807, 2.05) is 12.1 Å². The molecule has 0 fully saturated rings. The van der Waals surface area contributed by atoms with E-state index >= 15 is 0 Å². The SMILES string of the molecule is NNc1cccc(NCC2Cc3ccccc32)c1[N+](=O)[O-]. The highest BCUT2D eigenvalue weighted by atomic mass is 16.6. The minimum Gasteiger partial charge on any atom is -0.379 e. The molecule has 1 aliphatic carbocycles. The van der Waals surface area contributed by atoms with E-state index < -0.39 is 4.92 Å². The standard InChI is InChI=1S/C15H16N4O2/c16-18-14-7-3-6-13(15(14)19(20)21)17-9-11-8-10-4-1-2-5-12(10)11/h1-7,11,17-18H,8-9,16H2. The fraction of sp³-hybridized carbons (Fsp3) is 0.200. The number of anilines is 2. The largest absolute Gasteiger partial charge is 0.379 e. The lowest BCUT2D eigenvalue weighted by Gasteiger charge is -2.30. The molecule has 0 saturated heterocycles. The number of nitrogens with two attached hydrogens (primary N) is 1. The maximum atomic E-state index is 11.2. The van der Waals surface area contributed by atoms with Gasteiger partial charge in [0.15, 0.2) is 0 Å². The fourth-order valence-electron chi connectivity index (χ4n) is 2.78. The molecular weight excluding hydrogens is 268 g/mol. The van der Waals surface area contributed by atoms with Crippen LogP contribution in [0.4, 0.5) is 17.1 Å². The number of nitro benzene ring substituents is 1. The van der Waals surface area contributed by atoms with Crippen molar-refractivity contribution in [2.75, 3.05) is 17.3 Å². The van der Waals surface area contributed by atoms with Crippen molar-refractivity contribution in [3.8, 4) is 0 Å². The molecule has 6 nitrogen and oxygen atoms in total. The summed E-state index contributed by atoms with van der Waals surface area (Å²) in [6, 6.07) is 13.3. The van der Waals surface area contributed by atoms with Crippen LogP contribution in [0.15, 0.2) is 42.5 Å². The second-order valence-electron chi connectivity index (χ2n) is 5.08. The molecule has 21 heavy (non-hydrogen) atoms. The summed E-state index contributed by atoms with van der Waals surface area (Å²) in [4.78, 5) is 10.8. The first-order chi connectivity index (χ1) is 10.2. The molecule has 2 aromatic carbocycles. The molecule has 0 radical (unpaired) electrons. The maximum absolute atomic E-state index is 11.2. The van der Waals surface area contributed by atoms with E-state index in [9.17, 15) is 10.1 Å². The normalized spacial score (nSPS) is 15.8. The van der Waals surface area contributed by atoms with Gasteiger partial charge in [0.25, 0.3) is 0 Å². The number of hydrogen-bond acceptors (Lipinski definition) is 5. The predicted octanol–water partition coefficient (Wildman–Crippen LogP) is 2.63. The molecule has 6 heteroatoms. The fourth-order valence-corrected chi connectivity index (χ4v) is 2.78. The number of benzene rings is 2. The Morgan fingerprint density at radius 1 is 1.19 bits per heavy atom. The molecule has 108 valence electrons. The van der Waals surface area contributed by atoms with Crippen LogP contribution in [0.5, 0.6) is 0 Å². The molecule has 0 aromatic heterocycles. The third kappa shape index (κ3) is 2.41. The Balaban J connectivity index is 1.76. The van der Waals surface area contributed by atoms with E-state index in [0.717, 1.165) is 6.42 Å². The van der Waals surface area contributed by atoms with Gasteiger partial charge >= 0.3 is 5.69 Å². The molecule has 0 heterocycles. The van der Waals surface area contributed by atoms with Gasteiger partial charge in [-0.3, -0.25) is 16.0 Å². The Bertz CT molecular complexity index is 687. The van der Waals surface area contributed by atoms with Crippen LogP contribution in [0.2, 0.25) is 0 Å². The van der Waals surface area contributed by atoms with Gasteiger partial charge in [-0.05, 0) is 29.7 Å². The molecule has 0 amide bonds. The summed E-state index contributed by atoms with van der Waals surface area (Å²) >= 11 is 0. The quantitative estimate of drug-likeness (QED) is 0.446. The topological polar surface area (TPSA) is 93.2 Å². The minimum absolute atomic E-state index is 0.0207. The molecule has 1 unspecified atom stereocenters. The van der Waals surface area contributed by atoms with Crippen LogP contribution in [-0.2, 0) is 6.42 Å². The van der Waals surface area contributed by atoms with Gasteiger partial charge in [0.1, 0.15) is 11.4 Å². The van der Waals surface area contributed by atoms with E-state index in [0.29, 0.717) is 23.8 Å². The third-order valence-electron chi connectivity index (χ3n) is 3.87. The van der Waals surface area contributed by atoms with E-state index in [4.69, 9.17) is 5.84 Å². The number of hydrazine groups is 1. The zero-order valence-corrected chi connectivity index (χ0v) is 11.4. The number of nitrogen functional groups attached to an aromatic ring is 1. The van der Waals surface area contributed by atoms with Gasteiger partial charge in [-0.2, -0.15) is 0 Å². The van der Waals surface area contributed by atoms with Crippen LogP contribution in [0.3, 0.4) is 0 Å². The lowest BCUT2D eigenvalue weighted by Crippen LogP contribution is -2.24. The highest BCUT2D eigenvalue weighted by Gasteiger charge is 2.26. The van der Waals surface area contributed by atoms with Crippen LogP contribution in [0.1, 0.15) is 17.0 Å². The average molecular weight is 284 g/mol. The molecular formula is C15H16N4O2. The average Bonchev–Trinajstić information content (AvgIpc) is 2.47. The number of para-hydroxylation sites is 1. The number of hydrogen-bond donors (Lipinski definition) is 3. The van der Waals surface area contributed by atoms with Crippen molar-refractivity contribution < 1.29 is 4.92 Å². The first kappa shape index (κ1) is 13.4. The van der Waals surface area contributed by atoms with Crippen LogP contribution >= 0.6 is 0 Å².